The summed E-state index contributed by atoms with van der Waals surface area (Å²) < 4.78 is 0. The zero-order valence-electron chi connectivity index (χ0n) is 10.8. The number of carbonyl (C=O) groups is 1. The third kappa shape index (κ3) is 4.49. The standard InChI is InChI=1S/C12H25N3O/c1-4-15-7-5-6-10(15)9-14-11(16)8-12(2,3)13/h10H,4-9,13H2,1-3H3,(H,14,16). The maximum atomic E-state index is 11.6. The molecule has 0 aromatic carbocycles. The van der Waals surface area contributed by atoms with Crippen molar-refractivity contribution >= 4 is 5.91 Å². The van der Waals surface area contributed by atoms with Gasteiger partial charge in [0.05, 0.1) is 0 Å². The lowest BCUT2D eigenvalue weighted by Gasteiger charge is -2.24. The van der Waals surface area contributed by atoms with Gasteiger partial charge in [0.2, 0.25) is 5.91 Å². The van der Waals surface area contributed by atoms with Crippen LogP contribution in [0.3, 0.4) is 0 Å². The van der Waals surface area contributed by atoms with E-state index >= 15 is 0 Å². The Morgan fingerprint density at radius 1 is 1.56 bits per heavy atom. The predicted molar refractivity (Wildman–Crippen MR) is 66.2 cm³/mol. The van der Waals surface area contributed by atoms with Crippen LogP contribution in [0.2, 0.25) is 0 Å². The number of likely N-dealkylation sites (N-methyl/N-ethyl adjacent to an activating group) is 1. The fourth-order valence-corrected chi connectivity index (χ4v) is 2.25. The van der Waals surface area contributed by atoms with Crippen molar-refractivity contribution in [2.24, 2.45) is 5.73 Å². The average Bonchev–Trinajstić information content (AvgIpc) is 2.59. The molecule has 3 N–H and O–H groups in total. The molecule has 1 amide bonds. The van der Waals surface area contributed by atoms with E-state index in [2.05, 4.69) is 17.1 Å². The van der Waals surface area contributed by atoms with E-state index in [1.807, 2.05) is 13.8 Å². The van der Waals surface area contributed by atoms with Crippen LogP contribution in [0.25, 0.3) is 0 Å². The zero-order chi connectivity index (χ0) is 12.2. The van der Waals surface area contributed by atoms with Crippen molar-refractivity contribution in [1.29, 1.82) is 0 Å². The van der Waals surface area contributed by atoms with Gasteiger partial charge in [-0.25, -0.2) is 0 Å². The summed E-state index contributed by atoms with van der Waals surface area (Å²) in [6.07, 6.45) is 2.84. The molecule has 4 heteroatoms. The molecule has 0 bridgehead atoms. The van der Waals surface area contributed by atoms with Crippen molar-refractivity contribution < 1.29 is 4.79 Å². The Hall–Kier alpha value is -0.610. The molecule has 1 aliphatic heterocycles. The Balaban J connectivity index is 2.26. The Morgan fingerprint density at radius 3 is 2.81 bits per heavy atom. The van der Waals surface area contributed by atoms with Crippen LogP contribution in [0, 0.1) is 0 Å². The summed E-state index contributed by atoms with van der Waals surface area (Å²) >= 11 is 0. The number of nitrogens with zero attached hydrogens (tertiary/aromatic N) is 1. The maximum absolute atomic E-state index is 11.6. The van der Waals surface area contributed by atoms with Gasteiger partial charge in [0, 0.05) is 24.5 Å². The third-order valence-corrected chi connectivity index (χ3v) is 3.06. The summed E-state index contributed by atoms with van der Waals surface area (Å²) in [4.78, 5) is 14.0. The second-order valence-electron chi connectivity index (χ2n) is 5.39. The number of hydrogen-bond donors (Lipinski definition) is 2. The van der Waals surface area contributed by atoms with Gasteiger partial charge >= 0.3 is 0 Å². The summed E-state index contributed by atoms with van der Waals surface area (Å²) in [5, 5.41) is 2.98. The van der Waals surface area contributed by atoms with Crippen molar-refractivity contribution in [2.45, 2.75) is 51.6 Å². The molecular weight excluding hydrogens is 202 g/mol. The molecule has 4 nitrogen and oxygen atoms in total. The molecule has 0 saturated carbocycles. The van der Waals surface area contributed by atoms with Gasteiger partial charge in [-0.1, -0.05) is 6.92 Å². The molecule has 1 fully saturated rings. The van der Waals surface area contributed by atoms with Crippen molar-refractivity contribution in [3.05, 3.63) is 0 Å². The van der Waals surface area contributed by atoms with Crippen LogP contribution in [0.4, 0.5) is 0 Å². The summed E-state index contributed by atoms with van der Waals surface area (Å²) in [6.45, 7) is 8.93. The monoisotopic (exact) mass is 227 g/mol. The summed E-state index contributed by atoms with van der Waals surface area (Å²) in [5.74, 6) is 0.0652. The highest BCUT2D eigenvalue weighted by Crippen LogP contribution is 2.15. The first kappa shape index (κ1) is 13.5. The van der Waals surface area contributed by atoms with E-state index in [1.54, 1.807) is 0 Å². The van der Waals surface area contributed by atoms with Crippen LogP contribution in [-0.4, -0.2) is 42.0 Å². The minimum Gasteiger partial charge on any atom is -0.354 e. The predicted octanol–water partition coefficient (Wildman–Crippen LogP) is 0.714. The number of likely N-dealkylation sites (tertiary alicyclic amines) is 1. The molecule has 0 spiro atoms. The highest BCUT2D eigenvalue weighted by Gasteiger charge is 2.24. The molecular formula is C12H25N3O. The fourth-order valence-electron chi connectivity index (χ4n) is 2.25. The molecule has 0 aliphatic carbocycles. The molecule has 1 unspecified atom stereocenters. The molecule has 0 radical (unpaired) electrons. The third-order valence-electron chi connectivity index (χ3n) is 3.06. The number of nitrogens with two attached hydrogens (primary N) is 1. The summed E-state index contributed by atoms with van der Waals surface area (Å²) in [5.41, 5.74) is 5.39. The van der Waals surface area contributed by atoms with Crippen LogP contribution in [-0.2, 0) is 4.79 Å². The van der Waals surface area contributed by atoms with Crippen molar-refractivity contribution in [2.75, 3.05) is 19.6 Å². The largest absolute Gasteiger partial charge is 0.354 e. The van der Waals surface area contributed by atoms with Crippen LogP contribution < -0.4 is 11.1 Å². The van der Waals surface area contributed by atoms with Gasteiger partial charge in [-0.15, -0.1) is 0 Å². The Bertz CT molecular complexity index is 235. The van der Waals surface area contributed by atoms with E-state index < -0.39 is 5.54 Å². The lowest BCUT2D eigenvalue weighted by Crippen LogP contribution is -2.43. The van der Waals surface area contributed by atoms with Gasteiger partial charge < -0.3 is 11.1 Å². The molecule has 1 heterocycles. The molecule has 1 rings (SSSR count). The minimum atomic E-state index is -0.412. The van der Waals surface area contributed by atoms with Crippen LogP contribution in [0.5, 0.6) is 0 Å². The molecule has 0 aromatic rings. The van der Waals surface area contributed by atoms with E-state index in [9.17, 15) is 4.79 Å². The maximum Gasteiger partial charge on any atom is 0.221 e. The number of amides is 1. The normalized spacial score (nSPS) is 22.4. The van der Waals surface area contributed by atoms with Crippen molar-refractivity contribution in [3.8, 4) is 0 Å². The minimum absolute atomic E-state index is 0.0652. The van der Waals surface area contributed by atoms with Gasteiger partial charge in [0.25, 0.3) is 0 Å². The number of rotatable bonds is 5. The van der Waals surface area contributed by atoms with Crippen molar-refractivity contribution in [3.63, 3.8) is 0 Å². The lowest BCUT2D eigenvalue weighted by molar-refractivity contribution is -0.122. The van der Waals surface area contributed by atoms with E-state index in [4.69, 9.17) is 5.73 Å². The Morgan fingerprint density at radius 2 is 2.25 bits per heavy atom. The topological polar surface area (TPSA) is 58.4 Å². The van der Waals surface area contributed by atoms with Gasteiger partial charge in [0.15, 0.2) is 0 Å². The van der Waals surface area contributed by atoms with E-state index in [0.29, 0.717) is 12.5 Å². The molecule has 0 aromatic heterocycles. The first-order chi connectivity index (χ1) is 7.42. The van der Waals surface area contributed by atoms with E-state index in [0.717, 1.165) is 13.1 Å². The van der Waals surface area contributed by atoms with Gasteiger partial charge in [-0.2, -0.15) is 0 Å². The molecule has 16 heavy (non-hydrogen) atoms. The molecule has 1 saturated heterocycles. The first-order valence-electron chi connectivity index (χ1n) is 6.22. The van der Waals surface area contributed by atoms with Gasteiger partial charge in [-0.3, -0.25) is 9.69 Å². The van der Waals surface area contributed by atoms with Gasteiger partial charge in [-0.05, 0) is 39.8 Å². The van der Waals surface area contributed by atoms with E-state index in [1.165, 1.54) is 19.4 Å². The summed E-state index contributed by atoms with van der Waals surface area (Å²) in [6, 6.07) is 0.523. The van der Waals surface area contributed by atoms with Gasteiger partial charge in [0.1, 0.15) is 0 Å². The summed E-state index contributed by atoms with van der Waals surface area (Å²) in [7, 11) is 0. The van der Waals surface area contributed by atoms with E-state index in [-0.39, 0.29) is 5.91 Å². The Labute approximate surface area is 98.6 Å². The van der Waals surface area contributed by atoms with Crippen molar-refractivity contribution in [1.82, 2.24) is 10.2 Å². The highest BCUT2D eigenvalue weighted by atomic mass is 16.1. The van der Waals surface area contributed by atoms with Crippen LogP contribution in [0.1, 0.15) is 40.0 Å². The highest BCUT2D eigenvalue weighted by molar-refractivity contribution is 5.77. The Kier molecular flexibility index (Phi) is 4.74. The first-order valence-corrected chi connectivity index (χ1v) is 6.22. The second kappa shape index (κ2) is 5.64. The SMILES string of the molecule is CCN1CCCC1CNC(=O)CC(C)(C)N. The number of nitrogens with one attached hydrogen (secondary N) is 1. The molecule has 94 valence electrons. The fraction of sp³-hybridized carbons (Fsp3) is 0.917. The smallest absolute Gasteiger partial charge is 0.221 e. The lowest BCUT2D eigenvalue weighted by atomic mass is 10.0. The molecule has 1 atom stereocenters. The van der Waals surface area contributed by atoms with Crippen LogP contribution in [0.15, 0.2) is 0 Å². The second-order valence-corrected chi connectivity index (χ2v) is 5.39. The van der Waals surface area contributed by atoms with Crippen LogP contribution >= 0.6 is 0 Å². The quantitative estimate of drug-likeness (QED) is 0.727. The number of carbonyl (C=O) groups excluding carboxylic acids is 1. The zero-order valence-corrected chi connectivity index (χ0v) is 10.8. The average molecular weight is 227 g/mol. The number of hydrogen-bond acceptors (Lipinski definition) is 3. The molecule has 1 aliphatic rings.